The summed E-state index contributed by atoms with van der Waals surface area (Å²) in [5, 5.41) is 11.4. The number of benzene rings is 2. The molecule has 1 fully saturated rings. The molecule has 1 saturated heterocycles. The predicted octanol–water partition coefficient (Wildman–Crippen LogP) is 5.40. The highest BCUT2D eigenvalue weighted by Crippen LogP contribution is 2.48. The second kappa shape index (κ2) is 7.23. The average molecular weight is 366 g/mol. The van der Waals surface area contributed by atoms with Gasteiger partial charge in [-0.05, 0) is 37.5 Å². The van der Waals surface area contributed by atoms with Gasteiger partial charge in [0.25, 0.3) is 5.69 Å². The first kappa shape index (κ1) is 18.0. The number of nitro benzene ring substituents is 1. The Bertz CT molecular complexity index is 788. The van der Waals surface area contributed by atoms with Gasteiger partial charge in [0.1, 0.15) is 22.7 Å². The first-order valence-corrected chi connectivity index (χ1v) is 8.24. The van der Waals surface area contributed by atoms with Crippen LogP contribution in [0.3, 0.4) is 0 Å². The van der Waals surface area contributed by atoms with E-state index in [4.69, 9.17) is 4.74 Å². The molecule has 0 atom stereocenters. The molecule has 0 amide bonds. The van der Waals surface area contributed by atoms with Crippen LogP contribution < -0.4 is 9.64 Å². The van der Waals surface area contributed by atoms with Gasteiger partial charge in [-0.25, -0.2) is 0 Å². The van der Waals surface area contributed by atoms with Gasteiger partial charge in [0.2, 0.25) is 0 Å². The van der Waals surface area contributed by atoms with Gasteiger partial charge >= 0.3 is 6.18 Å². The van der Waals surface area contributed by atoms with Crippen LogP contribution in [0.5, 0.6) is 11.5 Å². The highest BCUT2D eigenvalue weighted by Gasteiger charge is 2.43. The normalized spacial score (nSPS) is 15.0. The summed E-state index contributed by atoms with van der Waals surface area (Å²) >= 11 is 0. The SMILES string of the molecule is O=[N+]([O-])c1ccc(Oc2ccccc2)c(C(F)(F)F)c1N1CCCCC1. The Kier molecular flexibility index (Phi) is 5.01. The van der Waals surface area contributed by atoms with Crippen LogP contribution in [0.2, 0.25) is 0 Å². The van der Waals surface area contributed by atoms with Gasteiger partial charge < -0.3 is 9.64 Å². The fraction of sp³-hybridized carbons (Fsp3) is 0.333. The van der Waals surface area contributed by atoms with Crippen molar-refractivity contribution in [3.05, 3.63) is 58.1 Å². The summed E-state index contributed by atoms with van der Waals surface area (Å²) in [5.74, 6) is -0.202. The number of alkyl halides is 3. The Balaban J connectivity index is 2.17. The molecule has 2 aromatic carbocycles. The molecule has 5 nitrogen and oxygen atoms in total. The number of para-hydroxylation sites is 1. The van der Waals surface area contributed by atoms with Crippen molar-refractivity contribution in [3.8, 4) is 11.5 Å². The minimum atomic E-state index is -4.79. The minimum absolute atomic E-state index is 0.233. The van der Waals surface area contributed by atoms with E-state index in [0.717, 1.165) is 18.6 Å². The van der Waals surface area contributed by atoms with Crippen molar-refractivity contribution in [1.82, 2.24) is 0 Å². The van der Waals surface area contributed by atoms with Crippen LogP contribution in [-0.4, -0.2) is 18.0 Å². The molecule has 2 aromatic rings. The fourth-order valence-corrected chi connectivity index (χ4v) is 3.12. The summed E-state index contributed by atoms with van der Waals surface area (Å²) in [6, 6.07) is 10.1. The number of hydrogen-bond donors (Lipinski definition) is 0. The molecule has 0 radical (unpaired) electrons. The maximum Gasteiger partial charge on any atom is 0.422 e. The standard InChI is InChI=1S/C18H17F3N2O3/c19-18(20,21)16-15(26-13-7-3-1-4-8-13)10-9-14(23(24)25)17(16)22-11-5-2-6-12-22/h1,3-4,7-10H,2,5-6,11-12H2. The molecule has 8 heteroatoms. The molecule has 0 spiro atoms. The molecule has 0 aromatic heterocycles. The van der Waals surface area contributed by atoms with Gasteiger partial charge in [-0.15, -0.1) is 0 Å². The smallest absolute Gasteiger partial charge is 0.422 e. The molecule has 1 heterocycles. The number of hydrogen-bond acceptors (Lipinski definition) is 4. The van der Waals surface area contributed by atoms with Crippen LogP contribution in [0, 0.1) is 10.1 Å². The van der Waals surface area contributed by atoms with Crippen LogP contribution in [-0.2, 0) is 6.18 Å². The largest absolute Gasteiger partial charge is 0.457 e. The molecule has 1 aliphatic rings. The third kappa shape index (κ3) is 3.74. The highest BCUT2D eigenvalue weighted by molar-refractivity contribution is 5.73. The quantitative estimate of drug-likeness (QED) is 0.537. The van der Waals surface area contributed by atoms with Gasteiger partial charge in [0, 0.05) is 19.2 Å². The van der Waals surface area contributed by atoms with Crippen molar-refractivity contribution < 1.29 is 22.8 Å². The van der Waals surface area contributed by atoms with Gasteiger partial charge in [-0.1, -0.05) is 18.2 Å². The summed E-state index contributed by atoms with van der Waals surface area (Å²) in [5.41, 5.74) is -2.06. The molecule has 0 bridgehead atoms. The van der Waals surface area contributed by atoms with E-state index in [9.17, 15) is 23.3 Å². The topological polar surface area (TPSA) is 55.6 Å². The van der Waals surface area contributed by atoms with Crippen molar-refractivity contribution in [1.29, 1.82) is 0 Å². The van der Waals surface area contributed by atoms with Crippen molar-refractivity contribution in [3.63, 3.8) is 0 Å². The fourth-order valence-electron chi connectivity index (χ4n) is 3.12. The molecule has 138 valence electrons. The second-order valence-corrected chi connectivity index (χ2v) is 6.02. The van der Waals surface area contributed by atoms with Crippen LogP contribution in [0.15, 0.2) is 42.5 Å². The Hall–Kier alpha value is -2.77. The van der Waals surface area contributed by atoms with E-state index in [2.05, 4.69) is 0 Å². The molecular formula is C18H17F3N2O3. The molecule has 3 rings (SSSR count). The maximum atomic E-state index is 13.9. The summed E-state index contributed by atoms with van der Waals surface area (Å²) in [7, 11) is 0. The van der Waals surface area contributed by atoms with E-state index < -0.39 is 33.8 Å². The monoisotopic (exact) mass is 366 g/mol. The molecule has 26 heavy (non-hydrogen) atoms. The molecule has 0 aliphatic carbocycles. The number of halogens is 3. The van der Waals surface area contributed by atoms with E-state index >= 15 is 0 Å². The van der Waals surface area contributed by atoms with E-state index in [-0.39, 0.29) is 5.75 Å². The lowest BCUT2D eigenvalue weighted by Gasteiger charge is -2.31. The van der Waals surface area contributed by atoms with E-state index in [0.29, 0.717) is 25.9 Å². The Morgan fingerprint density at radius 1 is 1.00 bits per heavy atom. The zero-order valence-corrected chi connectivity index (χ0v) is 13.8. The second-order valence-electron chi connectivity index (χ2n) is 6.02. The van der Waals surface area contributed by atoms with Gasteiger partial charge in [0.05, 0.1) is 4.92 Å². The Morgan fingerprint density at radius 2 is 1.65 bits per heavy atom. The average Bonchev–Trinajstić information content (AvgIpc) is 2.61. The summed E-state index contributed by atoms with van der Waals surface area (Å²) in [6.07, 6.45) is -2.51. The lowest BCUT2D eigenvalue weighted by atomic mass is 10.0. The molecular weight excluding hydrogens is 349 g/mol. The summed E-state index contributed by atoms with van der Waals surface area (Å²) in [4.78, 5) is 12.1. The first-order chi connectivity index (χ1) is 12.4. The van der Waals surface area contributed by atoms with Crippen LogP contribution in [0.4, 0.5) is 24.5 Å². The van der Waals surface area contributed by atoms with Crippen molar-refractivity contribution in [2.24, 2.45) is 0 Å². The van der Waals surface area contributed by atoms with E-state index in [1.165, 1.54) is 17.0 Å². The number of nitro groups is 1. The van der Waals surface area contributed by atoms with Crippen LogP contribution in [0.25, 0.3) is 0 Å². The van der Waals surface area contributed by atoms with Crippen molar-refractivity contribution in [2.75, 3.05) is 18.0 Å². The first-order valence-electron chi connectivity index (χ1n) is 8.24. The predicted molar refractivity (Wildman–Crippen MR) is 90.7 cm³/mol. The summed E-state index contributed by atoms with van der Waals surface area (Å²) < 4.78 is 47.1. The van der Waals surface area contributed by atoms with Crippen LogP contribution in [0.1, 0.15) is 24.8 Å². The third-order valence-corrected chi connectivity index (χ3v) is 4.24. The van der Waals surface area contributed by atoms with Crippen molar-refractivity contribution >= 4 is 11.4 Å². The number of rotatable bonds is 4. The van der Waals surface area contributed by atoms with Crippen molar-refractivity contribution in [2.45, 2.75) is 25.4 Å². The zero-order chi connectivity index (χ0) is 18.7. The molecule has 0 N–H and O–H groups in total. The van der Waals surface area contributed by atoms with Gasteiger partial charge in [-0.3, -0.25) is 10.1 Å². The van der Waals surface area contributed by atoms with E-state index in [1.807, 2.05) is 0 Å². The Morgan fingerprint density at radius 3 is 2.23 bits per heavy atom. The zero-order valence-electron chi connectivity index (χ0n) is 13.8. The lowest BCUT2D eigenvalue weighted by molar-refractivity contribution is -0.384. The number of anilines is 1. The molecule has 0 unspecified atom stereocenters. The van der Waals surface area contributed by atoms with Gasteiger partial charge in [-0.2, -0.15) is 13.2 Å². The van der Waals surface area contributed by atoms with Crippen LogP contribution >= 0.6 is 0 Å². The maximum absolute atomic E-state index is 13.9. The lowest BCUT2D eigenvalue weighted by Crippen LogP contribution is -2.32. The van der Waals surface area contributed by atoms with E-state index in [1.54, 1.807) is 18.2 Å². The number of ether oxygens (including phenoxy) is 1. The summed E-state index contributed by atoms with van der Waals surface area (Å²) in [6.45, 7) is 0.692. The van der Waals surface area contributed by atoms with Gasteiger partial charge in [0.15, 0.2) is 0 Å². The third-order valence-electron chi connectivity index (χ3n) is 4.24. The molecule has 1 aliphatic heterocycles. The highest BCUT2D eigenvalue weighted by atomic mass is 19.4. The number of piperidine rings is 1. The minimum Gasteiger partial charge on any atom is -0.457 e. The number of nitrogens with zero attached hydrogens (tertiary/aromatic N) is 2. The Labute approximate surface area is 148 Å². The molecule has 0 saturated carbocycles.